The molecular formula is C20H12BrNS. The molecule has 1 aliphatic rings. The molecule has 110 valence electrons. The van der Waals surface area contributed by atoms with Gasteiger partial charge in [0, 0.05) is 10.0 Å². The Hall–Kier alpha value is -1.97. The predicted molar refractivity (Wildman–Crippen MR) is 101 cm³/mol. The van der Waals surface area contributed by atoms with E-state index in [-0.39, 0.29) is 0 Å². The molecule has 0 saturated carbocycles. The number of halogens is 1. The molecule has 0 fully saturated rings. The maximum absolute atomic E-state index is 4.89. The Morgan fingerprint density at radius 2 is 1.61 bits per heavy atom. The van der Waals surface area contributed by atoms with E-state index >= 15 is 0 Å². The molecule has 0 bridgehead atoms. The summed E-state index contributed by atoms with van der Waals surface area (Å²) in [4.78, 5) is 4.89. The van der Waals surface area contributed by atoms with Gasteiger partial charge in [0.05, 0.1) is 10.2 Å². The molecule has 3 aromatic carbocycles. The second-order valence-corrected chi connectivity index (χ2v) is 7.66. The molecule has 3 heteroatoms. The summed E-state index contributed by atoms with van der Waals surface area (Å²) in [6, 6.07) is 21.5. The third-order valence-corrected chi connectivity index (χ3v) is 6.14. The Kier molecular flexibility index (Phi) is 2.94. The van der Waals surface area contributed by atoms with Crippen LogP contribution in [0.1, 0.15) is 11.1 Å². The topological polar surface area (TPSA) is 12.9 Å². The molecule has 0 N–H and O–H groups in total. The Bertz CT molecular complexity index is 1060. The van der Waals surface area contributed by atoms with Gasteiger partial charge in [-0.3, -0.25) is 0 Å². The molecule has 1 aromatic heterocycles. The van der Waals surface area contributed by atoms with Crippen LogP contribution in [0, 0.1) is 0 Å². The van der Waals surface area contributed by atoms with Gasteiger partial charge in [-0.2, -0.15) is 0 Å². The maximum Gasteiger partial charge on any atom is 0.124 e. The number of benzene rings is 3. The zero-order chi connectivity index (χ0) is 15.4. The highest BCUT2D eigenvalue weighted by Gasteiger charge is 2.22. The average Bonchev–Trinajstić information content (AvgIpc) is 3.16. The molecule has 0 spiro atoms. The van der Waals surface area contributed by atoms with Crippen LogP contribution in [0.5, 0.6) is 0 Å². The molecule has 0 amide bonds. The fraction of sp³-hybridized carbons (Fsp3) is 0.0500. The van der Waals surface area contributed by atoms with Gasteiger partial charge in [0.15, 0.2) is 0 Å². The van der Waals surface area contributed by atoms with Crippen molar-refractivity contribution in [2.75, 3.05) is 0 Å². The number of para-hydroxylation sites is 1. The van der Waals surface area contributed by atoms with Gasteiger partial charge in [0.1, 0.15) is 5.01 Å². The van der Waals surface area contributed by atoms with Crippen LogP contribution in [-0.2, 0) is 6.42 Å². The van der Waals surface area contributed by atoms with Crippen LogP contribution in [0.15, 0.2) is 65.1 Å². The van der Waals surface area contributed by atoms with Gasteiger partial charge in [0.25, 0.3) is 0 Å². The molecule has 1 aliphatic carbocycles. The monoisotopic (exact) mass is 377 g/mol. The van der Waals surface area contributed by atoms with Crippen LogP contribution in [0.4, 0.5) is 0 Å². The highest BCUT2D eigenvalue weighted by molar-refractivity contribution is 9.10. The van der Waals surface area contributed by atoms with Gasteiger partial charge in [-0.25, -0.2) is 4.98 Å². The molecule has 0 unspecified atom stereocenters. The predicted octanol–water partition coefficient (Wildman–Crippen LogP) is 6.30. The normalized spacial score (nSPS) is 12.4. The third kappa shape index (κ3) is 2.00. The standard InChI is InChI=1S/C20H12BrNS/c21-17-9-4-10-18-19(17)22-20(23-18)15-8-3-7-14-13-6-2-1-5-12(13)11-16(14)15/h1-10H,11H2. The molecule has 1 nitrogen and oxygen atoms in total. The van der Waals surface area contributed by atoms with Crippen LogP contribution in [0.2, 0.25) is 0 Å². The Morgan fingerprint density at radius 3 is 2.52 bits per heavy atom. The van der Waals surface area contributed by atoms with Gasteiger partial charge < -0.3 is 0 Å². The number of hydrogen-bond acceptors (Lipinski definition) is 2. The summed E-state index contributed by atoms with van der Waals surface area (Å²) in [5, 5.41) is 1.11. The summed E-state index contributed by atoms with van der Waals surface area (Å²) in [6.07, 6.45) is 0.999. The Labute approximate surface area is 146 Å². The zero-order valence-corrected chi connectivity index (χ0v) is 14.6. The second-order valence-electron chi connectivity index (χ2n) is 5.77. The lowest BCUT2D eigenvalue weighted by molar-refractivity contribution is 1.26. The van der Waals surface area contributed by atoms with Crippen molar-refractivity contribution in [1.82, 2.24) is 4.98 Å². The summed E-state index contributed by atoms with van der Waals surface area (Å²) in [6.45, 7) is 0. The minimum Gasteiger partial charge on any atom is -0.235 e. The van der Waals surface area contributed by atoms with Gasteiger partial charge in [0.2, 0.25) is 0 Å². The van der Waals surface area contributed by atoms with Crippen molar-refractivity contribution in [3.63, 3.8) is 0 Å². The van der Waals surface area contributed by atoms with Gasteiger partial charge in [-0.15, -0.1) is 11.3 Å². The molecule has 23 heavy (non-hydrogen) atoms. The highest BCUT2D eigenvalue weighted by atomic mass is 79.9. The number of nitrogens with zero attached hydrogens (tertiary/aromatic N) is 1. The summed E-state index contributed by atoms with van der Waals surface area (Å²) >= 11 is 5.38. The molecular weight excluding hydrogens is 366 g/mol. The van der Waals surface area contributed by atoms with Gasteiger partial charge in [-0.05, 0) is 56.7 Å². The SMILES string of the molecule is Brc1cccc2sc(-c3cccc4c3Cc3ccccc3-4)nc12. The number of rotatable bonds is 1. The highest BCUT2D eigenvalue weighted by Crippen LogP contribution is 2.43. The number of thiazole rings is 1. The smallest absolute Gasteiger partial charge is 0.124 e. The lowest BCUT2D eigenvalue weighted by Crippen LogP contribution is -1.87. The van der Waals surface area contributed by atoms with E-state index < -0.39 is 0 Å². The fourth-order valence-electron chi connectivity index (χ4n) is 3.39. The first-order valence-corrected chi connectivity index (χ1v) is 9.18. The van der Waals surface area contributed by atoms with Crippen molar-refractivity contribution in [2.45, 2.75) is 6.42 Å². The number of fused-ring (bicyclic) bond motifs is 4. The van der Waals surface area contributed by atoms with E-state index in [1.165, 1.54) is 32.5 Å². The van der Waals surface area contributed by atoms with Crippen LogP contribution in [0.25, 0.3) is 31.9 Å². The largest absolute Gasteiger partial charge is 0.235 e. The van der Waals surface area contributed by atoms with E-state index in [0.29, 0.717) is 0 Å². The summed E-state index contributed by atoms with van der Waals surface area (Å²) in [7, 11) is 0. The van der Waals surface area contributed by atoms with Crippen LogP contribution >= 0.6 is 27.3 Å². The molecule has 0 atom stereocenters. The Morgan fingerprint density at radius 1 is 0.826 bits per heavy atom. The van der Waals surface area contributed by atoms with Gasteiger partial charge >= 0.3 is 0 Å². The fourth-order valence-corrected chi connectivity index (χ4v) is 5.02. The first-order chi connectivity index (χ1) is 11.3. The molecule has 4 aromatic rings. The van der Waals surface area contributed by atoms with E-state index in [1.807, 2.05) is 0 Å². The lowest BCUT2D eigenvalue weighted by atomic mass is 10.0. The van der Waals surface area contributed by atoms with E-state index in [2.05, 4.69) is 76.6 Å². The van der Waals surface area contributed by atoms with Crippen LogP contribution < -0.4 is 0 Å². The second kappa shape index (κ2) is 5.02. The maximum atomic E-state index is 4.89. The molecule has 5 rings (SSSR count). The van der Waals surface area contributed by atoms with E-state index in [0.717, 1.165) is 21.4 Å². The average molecular weight is 378 g/mol. The van der Waals surface area contributed by atoms with Crippen molar-refractivity contribution in [3.05, 3.63) is 76.3 Å². The number of aromatic nitrogens is 1. The van der Waals surface area contributed by atoms with E-state index in [1.54, 1.807) is 11.3 Å². The zero-order valence-electron chi connectivity index (χ0n) is 12.2. The molecule has 0 aliphatic heterocycles. The van der Waals surface area contributed by atoms with Gasteiger partial charge in [-0.1, -0.05) is 48.5 Å². The summed E-state index contributed by atoms with van der Waals surface area (Å²) < 4.78 is 2.29. The molecule has 0 radical (unpaired) electrons. The molecule has 0 saturated heterocycles. The summed E-state index contributed by atoms with van der Waals surface area (Å²) in [5.41, 5.74) is 7.87. The van der Waals surface area contributed by atoms with Crippen molar-refractivity contribution in [2.24, 2.45) is 0 Å². The first-order valence-electron chi connectivity index (χ1n) is 7.57. The first kappa shape index (κ1) is 13.5. The van der Waals surface area contributed by atoms with E-state index in [9.17, 15) is 0 Å². The molecule has 1 heterocycles. The Balaban J connectivity index is 1.74. The summed E-state index contributed by atoms with van der Waals surface area (Å²) in [5.74, 6) is 0. The van der Waals surface area contributed by atoms with Crippen molar-refractivity contribution in [3.8, 4) is 21.7 Å². The third-order valence-electron chi connectivity index (χ3n) is 4.45. The minimum absolute atomic E-state index is 0.999. The van der Waals surface area contributed by atoms with E-state index in [4.69, 9.17) is 4.98 Å². The number of hydrogen-bond donors (Lipinski definition) is 0. The van der Waals surface area contributed by atoms with Crippen LogP contribution in [0.3, 0.4) is 0 Å². The minimum atomic E-state index is 0.999. The quantitative estimate of drug-likeness (QED) is 0.334. The van der Waals surface area contributed by atoms with Crippen molar-refractivity contribution >= 4 is 37.5 Å². The van der Waals surface area contributed by atoms with Crippen molar-refractivity contribution < 1.29 is 0 Å². The van der Waals surface area contributed by atoms with Crippen LogP contribution in [-0.4, -0.2) is 4.98 Å². The van der Waals surface area contributed by atoms with Crippen molar-refractivity contribution in [1.29, 1.82) is 0 Å². The lowest BCUT2D eigenvalue weighted by Gasteiger charge is -2.05.